The molecule has 4 heteroatoms. The minimum absolute atomic E-state index is 0.342. The molecule has 0 atom stereocenters. The molecule has 0 amide bonds. The maximum absolute atomic E-state index is 10.7. The number of methoxy groups -OCH3 is 1. The zero-order valence-corrected chi connectivity index (χ0v) is 9.48. The first kappa shape index (κ1) is 12.1. The summed E-state index contributed by atoms with van der Waals surface area (Å²) in [7, 11) is 1.52. The van der Waals surface area contributed by atoms with Crippen LogP contribution in [0, 0.1) is 11.3 Å². The lowest BCUT2D eigenvalue weighted by Crippen LogP contribution is -2.30. The van der Waals surface area contributed by atoms with Gasteiger partial charge < -0.3 is 9.47 Å². The molecule has 0 aromatic heterocycles. The summed E-state index contributed by atoms with van der Waals surface area (Å²) >= 11 is 0. The Morgan fingerprint density at radius 2 is 2.12 bits per heavy atom. The normalized spacial score (nSPS) is 10.4. The summed E-state index contributed by atoms with van der Waals surface area (Å²) in [6.45, 7) is 3.26. The molecule has 0 aliphatic heterocycles. The van der Waals surface area contributed by atoms with Crippen molar-refractivity contribution in [1.82, 2.24) is 0 Å². The smallest absolute Gasteiger partial charge is 0.162 e. The maximum atomic E-state index is 10.7. The average Bonchev–Trinajstić information content (AvgIpc) is 2.29. The van der Waals surface area contributed by atoms with Crippen molar-refractivity contribution in [1.29, 1.82) is 5.26 Å². The Morgan fingerprint density at radius 1 is 1.44 bits per heavy atom. The number of nitriles is 1. The Bertz CT molecular complexity index is 432. The van der Waals surface area contributed by atoms with Crippen LogP contribution in [0.5, 0.6) is 11.5 Å². The van der Waals surface area contributed by atoms with Gasteiger partial charge >= 0.3 is 0 Å². The first-order chi connectivity index (χ1) is 7.52. The molecule has 0 aliphatic carbocycles. The molecule has 0 fully saturated rings. The summed E-state index contributed by atoms with van der Waals surface area (Å²) in [5.74, 6) is 0.952. The van der Waals surface area contributed by atoms with E-state index < -0.39 is 5.60 Å². The van der Waals surface area contributed by atoms with Gasteiger partial charge in [-0.2, -0.15) is 5.26 Å². The molecule has 0 radical (unpaired) electrons. The summed E-state index contributed by atoms with van der Waals surface area (Å²) < 4.78 is 10.4. The number of hydrogen-bond donors (Lipinski definition) is 0. The van der Waals surface area contributed by atoms with Gasteiger partial charge in [0.1, 0.15) is 17.6 Å². The number of carbonyl (C=O) groups is 1. The van der Waals surface area contributed by atoms with Crippen molar-refractivity contribution >= 4 is 6.29 Å². The van der Waals surface area contributed by atoms with Crippen molar-refractivity contribution in [3.05, 3.63) is 23.8 Å². The van der Waals surface area contributed by atoms with Crippen LogP contribution >= 0.6 is 0 Å². The molecule has 0 aliphatic rings. The van der Waals surface area contributed by atoms with Crippen molar-refractivity contribution in [2.45, 2.75) is 19.4 Å². The number of ether oxygens (including phenoxy) is 2. The molecule has 0 saturated heterocycles. The molecular weight excluding hydrogens is 206 g/mol. The number of hydrogen-bond acceptors (Lipinski definition) is 4. The summed E-state index contributed by atoms with van der Waals surface area (Å²) in [6.07, 6.45) is 0.693. The number of benzene rings is 1. The third-order valence-corrected chi connectivity index (χ3v) is 1.96. The minimum atomic E-state index is -0.944. The zero-order chi connectivity index (χ0) is 12.2. The molecule has 1 rings (SSSR count). The van der Waals surface area contributed by atoms with E-state index in [1.54, 1.807) is 32.0 Å². The molecule has 0 N–H and O–H groups in total. The van der Waals surface area contributed by atoms with E-state index in [0.29, 0.717) is 23.3 Å². The topological polar surface area (TPSA) is 59.3 Å². The van der Waals surface area contributed by atoms with Crippen molar-refractivity contribution in [2.75, 3.05) is 7.11 Å². The summed E-state index contributed by atoms with van der Waals surface area (Å²) in [4.78, 5) is 10.7. The van der Waals surface area contributed by atoms with Gasteiger partial charge in [0.2, 0.25) is 0 Å². The van der Waals surface area contributed by atoms with Crippen LogP contribution in [-0.2, 0) is 4.79 Å². The van der Waals surface area contributed by atoms with E-state index in [9.17, 15) is 4.79 Å². The Hall–Kier alpha value is -2.02. The molecule has 0 heterocycles. The molecule has 16 heavy (non-hydrogen) atoms. The van der Waals surface area contributed by atoms with E-state index in [2.05, 4.69) is 0 Å². The fraction of sp³-hybridized carbons (Fsp3) is 0.333. The number of carbonyl (C=O) groups excluding carboxylic acids is 1. The van der Waals surface area contributed by atoms with E-state index in [1.807, 2.05) is 6.07 Å². The summed E-state index contributed by atoms with van der Waals surface area (Å²) in [6, 6.07) is 6.85. The predicted octanol–water partition coefficient (Wildman–Crippen LogP) is 1.92. The van der Waals surface area contributed by atoms with E-state index in [-0.39, 0.29) is 0 Å². The van der Waals surface area contributed by atoms with Gasteiger partial charge in [0.25, 0.3) is 0 Å². The van der Waals surface area contributed by atoms with Gasteiger partial charge in [0.05, 0.1) is 12.7 Å². The SMILES string of the molecule is COc1ccc(OC(C)(C)C=O)c(C#N)c1. The van der Waals surface area contributed by atoms with E-state index in [0.717, 1.165) is 0 Å². The fourth-order valence-electron chi connectivity index (χ4n) is 1.12. The Kier molecular flexibility index (Phi) is 3.51. The lowest BCUT2D eigenvalue weighted by atomic mass is 10.1. The van der Waals surface area contributed by atoms with E-state index in [4.69, 9.17) is 14.7 Å². The molecule has 0 bridgehead atoms. The third-order valence-electron chi connectivity index (χ3n) is 1.96. The number of nitrogens with zero attached hydrogens (tertiary/aromatic N) is 1. The molecule has 0 unspecified atom stereocenters. The maximum Gasteiger partial charge on any atom is 0.162 e. The highest BCUT2D eigenvalue weighted by Gasteiger charge is 2.20. The summed E-state index contributed by atoms with van der Waals surface area (Å²) in [5.41, 5.74) is -0.602. The molecule has 1 aromatic carbocycles. The largest absolute Gasteiger partial charge is 0.497 e. The van der Waals surface area contributed by atoms with Gasteiger partial charge in [-0.25, -0.2) is 0 Å². The summed E-state index contributed by atoms with van der Waals surface area (Å²) in [5, 5.41) is 8.93. The van der Waals surface area contributed by atoms with Crippen molar-refractivity contribution in [3.8, 4) is 17.6 Å². The second-order valence-electron chi connectivity index (χ2n) is 3.80. The van der Waals surface area contributed by atoms with Gasteiger partial charge in [0.15, 0.2) is 11.9 Å². The second kappa shape index (κ2) is 4.67. The van der Waals surface area contributed by atoms with Crippen molar-refractivity contribution in [2.24, 2.45) is 0 Å². The predicted molar refractivity (Wildman–Crippen MR) is 58.5 cm³/mol. The van der Waals surface area contributed by atoms with Crippen LogP contribution in [0.25, 0.3) is 0 Å². The molecule has 84 valence electrons. The van der Waals surface area contributed by atoms with Gasteiger partial charge in [-0.15, -0.1) is 0 Å². The average molecular weight is 219 g/mol. The van der Waals surface area contributed by atoms with Crippen molar-refractivity contribution < 1.29 is 14.3 Å². The zero-order valence-electron chi connectivity index (χ0n) is 9.48. The van der Waals surface area contributed by atoms with Crippen LogP contribution in [0.3, 0.4) is 0 Å². The highest BCUT2D eigenvalue weighted by Crippen LogP contribution is 2.26. The van der Waals surface area contributed by atoms with Crippen molar-refractivity contribution in [3.63, 3.8) is 0 Å². The van der Waals surface area contributed by atoms with Crippen LogP contribution in [0.4, 0.5) is 0 Å². The quantitative estimate of drug-likeness (QED) is 0.726. The number of aldehydes is 1. The van der Waals surface area contributed by atoms with Crippen LogP contribution in [-0.4, -0.2) is 19.0 Å². The van der Waals surface area contributed by atoms with Crippen LogP contribution in [0.1, 0.15) is 19.4 Å². The molecule has 0 spiro atoms. The second-order valence-corrected chi connectivity index (χ2v) is 3.80. The first-order valence-electron chi connectivity index (χ1n) is 4.76. The van der Waals surface area contributed by atoms with E-state index >= 15 is 0 Å². The Balaban J connectivity index is 3.06. The van der Waals surface area contributed by atoms with Gasteiger partial charge in [-0.3, -0.25) is 4.79 Å². The van der Waals surface area contributed by atoms with Crippen LogP contribution in [0.15, 0.2) is 18.2 Å². The van der Waals surface area contributed by atoms with Crippen LogP contribution < -0.4 is 9.47 Å². The molecule has 1 aromatic rings. The molecule has 0 saturated carbocycles. The monoisotopic (exact) mass is 219 g/mol. The lowest BCUT2D eigenvalue weighted by Gasteiger charge is -2.20. The van der Waals surface area contributed by atoms with Crippen LogP contribution in [0.2, 0.25) is 0 Å². The molecular formula is C12H13NO3. The highest BCUT2D eigenvalue weighted by atomic mass is 16.5. The molecule has 4 nitrogen and oxygen atoms in total. The Labute approximate surface area is 94.4 Å². The standard InChI is InChI=1S/C12H13NO3/c1-12(2,8-14)16-11-5-4-10(15-3)6-9(11)7-13/h4-6,8H,1-3H3. The number of rotatable bonds is 4. The lowest BCUT2D eigenvalue weighted by molar-refractivity contribution is -0.119. The van der Waals surface area contributed by atoms with E-state index in [1.165, 1.54) is 7.11 Å². The van der Waals surface area contributed by atoms with Gasteiger partial charge in [-0.05, 0) is 26.0 Å². The third kappa shape index (κ3) is 2.74. The highest BCUT2D eigenvalue weighted by molar-refractivity contribution is 5.62. The van der Waals surface area contributed by atoms with Gasteiger partial charge in [0, 0.05) is 6.07 Å². The fourth-order valence-corrected chi connectivity index (χ4v) is 1.12. The van der Waals surface area contributed by atoms with Gasteiger partial charge in [-0.1, -0.05) is 0 Å². The first-order valence-corrected chi connectivity index (χ1v) is 4.76. The Morgan fingerprint density at radius 3 is 2.62 bits per heavy atom. The minimum Gasteiger partial charge on any atom is -0.497 e.